The van der Waals surface area contributed by atoms with Crippen LogP contribution in [0.4, 0.5) is 0 Å². The Bertz CT molecular complexity index is 532. The molecular formula is C12H11ClN2O3. The molecule has 6 heteroatoms. The summed E-state index contributed by atoms with van der Waals surface area (Å²) in [6.45, 7) is 1.60. The van der Waals surface area contributed by atoms with E-state index in [9.17, 15) is 9.59 Å². The fourth-order valence-corrected chi connectivity index (χ4v) is 1.22. The van der Waals surface area contributed by atoms with Crippen molar-refractivity contribution in [2.24, 2.45) is 0 Å². The largest absolute Gasteiger partial charge is 0.465 e. The van der Waals surface area contributed by atoms with Crippen molar-refractivity contribution in [3.05, 3.63) is 28.5 Å². The molecule has 0 aliphatic heterocycles. The van der Waals surface area contributed by atoms with Crippen molar-refractivity contribution in [2.45, 2.75) is 6.92 Å². The van der Waals surface area contributed by atoms with E-state index in [0.29, 0.717) is 5.56 Å². The van der Waals surface area contributed by atoms with Crippen LogP contribution in [0.1, 0.15) is 22.8 Å². The quantitative estimate of drug-likeness (QED) is 0.493. The van der Waals surface area contributed by atoms with Gasteiger partial charge in [-0.25, -0.2) is 9.78 Å². The second kappa shape index (κ2) is 6.62. The van der Waals surface area contributed by atoms with Crippen LogP contribution in [0.25, 0.3) is 0 Å². The number of ether oxygens (including phenoxy) is 1. The number of carbonyl (C=O) groups excluding carboxylic acids is 2. The van der Waals surface area contributed by atoms with Crippen LogP contribution in [0.3, 0.4) is 0 Å². The molecule has 0 saturated carbocycles. The first-order valence-electron chi connectivity index (χ1n) is 5.01. The van der Waals surface area contributed by atoms with Crippen LogP contribution < -0.4 is 5.32 Å². The molecule has 0 aliphatic rings. The minimum atomic E-state index is -0.510. The second-order valence-electron chi connectivity index (χ2n) is 3.27. The zero-order valence-electron chi connectivity index (χ0n) is 9.91. The van der Waals surface area contributed by atoms with E-state index in [1.807, 2.05) is 0 Å². The van der Waals surface area contributed by atoms with Crippen molar-refractivity contribution in [1.82, 2.24) is 10.3 Å². The fourth-order valence-electron chi connectivity index (χ4n) is 1.07. The van der Waals surface area contributed by atoms with Gasteiger partial charge in [-0.15, -0.1) is 0 Å². The third kappa shape index (κ3) is 4.07. The normalized spacial score (nSPS) is 9.06. The lowest BCUT2D eigenvalue weighted by Crippen LogP contribution is -2.19. The smallest absolute Gasteiger partial charge is 0.339 e. The van der Waals surface area contributed by atoms with Crippen LogP contribution >= 0.6 is 11.6 Å². The van der Waals surface area contributed by atoms with Crippen LogP contribution in [0, 0.1) is 11.8 Å². The van der Waals surface area contributed by atoms with Gasteiger partial charge < -0.3 is 10.1 Å². The number of rotatable bonds is 2. The number of nitrogens with zero attached hydrogens (tertiary/aromatic N) is 1. The summed E-state index contributed by atoms with van der Waals surface area (Å²) in [6.07, 6.45) is 1.31. The Morgan fingerprint density at radius 2 is 2.28 bits per heavy atom. The molecule has 1 N–H and O–H groups in total. The number of nitrogens with one attached hydrogen (secondary N) is 1. The minimum Gasteiger partial charge on any atom is -0.465 e. The molecule has 0 saturated heterocycles. The fraction of sp³-hybridized carbons (Fsp3) is 0.250. The predicted octanol–water partition coefficient (Wildman–Crippen LogP) is 1.01. The first-order valence-corrected chi connectivity index (χ1v) is 5.39. The Morgan fingerprint density at radius 3 is 2.89 bits per heavy atom. The summed E-state index contributed by atoms with van der Waals surface area (Å²) in [6, 6.07) is 1.49. The average molecular weight is 267 g/mol. The van der Waals surface area contributed by atoms with E-state index in [0.717, 1.165) is 0 Å². The highest BCUT2D eigenvalue weighted by atomic mass is 35.5. The predicted molar refractivity (Wildman–Crippen MR) is 66.1 cm³/mol. The molecule has 0 bridgehead atoms. The number of esters is 1. The Kier molecular flexibility index (Phi) is 5.15. The number of halogens is 1. The summed E-state index contributed by atoms with van der Waals surface area (Å²) in [5.41, 5.74) is 0.677. The molecule has 0 fully saturated rings. The number of hydrogen-bond acceptors (Lipinski definition) is 4. The van der Waals surface area contributed by atoms with Crippen molar-refractivity contribution in [2.75, 3.05) is 13.7 Å². The molecule has 1 aromatic heterocycles. The van der Waals surface area contributed by atoms with Gasteiger partial charge in [0.25, 0.3) is 0 Å². The molecule has 18 heavy (non-hydrogen) atoms. The lowest BCUT2D eigenvalue weighted by atomic mass is 10.2. The molecule has 0 atom stereocenters. The molecule has 94 valence electrons. The summed E-state index contributed by atoms with van der Waals surface area (Å²) in [7, 11) is 1.28. The maximum atomic E-state index is 11.3. The maximum Gasteiger partial charge on any atom is 0.339 e. The summed E-state index contributed by atoms with van der Waals surface area (Å²) >= 11 is 5.83. The van der Waals surface area contributed by atoms with Crippen LogP contribution in [0.2, 0.25) is 5.15 Å². The molecule has 1 heterocycles. The van der Waals surface area contributed by atoms with Gasteiger partial charge in [0.2, 0.25) is 5.91 Å². The van der Waals surface area contributed by atoms with E-state index in [2.05, 4.69) is 26.9 Å². The number of carbonyl (C=O) groups is 2. The molecule has 1 rings (SSSR count). The first kappa shape index (κ1) is 14.0. The van der Waals surface area contributed by atoms with Crippen molar-refractivity contribution < 1.29 is 14.3 Å². The van der Waals surface area contributed by atoms with Crippen LogP contribution in [-0.2, 0) is 9.53 Å². The van der Waals surface area contributed by atoms with Crippen LogP contribution in [0.15, 0.2) is 12.3 Å². The highest BCUT2D eigenvalue weighted by molar-refractivity contribution is 6.30. The maximum absolute atomic E-state index is 11.3. The van der Waals surface area contributed by atoms with E-state index in [-0.39, 0.29) is 23.2 Å². The van der Waals surface area contributed by atoms with Gasteiger partial charge in [-0.2, -0.15) is 0 Å². The van der Waals surface area contributed by atoms with E-state index in [4.69, 9.17) is 11.6 Å². The minimum absolute atomic E-state index is 0.170. The van der Waals surface area contributed by atoms with Crippen molar-refractivity contribution in [1.29, 1.82) is 0 Å². The Labute approximate surface area is 109 Å². The van der Waals surface area contributed by atoms with Gasteiger partial charge in [-0.05, 0) is 6.07 Å². The molecular weight excluding hydrogens is 256 g/mol. The van der Waals surface area contributed by atoms with Gasteiger partial charge in [0.1, 0.15) is 5.15 Å². The Balaban J connectivity index is 2.87. The van der Waals surface area contributed by atoms with Gasteiger partial charge >= 0.3 is 5.97 Å². The summed E-state index contributed by atoms with van der Waals surface area (Å²) in [4.78, 5) is 25.7. The lowest BCUT2D eigenvalue weighted by molar-refractivity contribution is -0.118. The number of amides is 1. The third-order valence-corrected chi connectivity index (χ3v) is 2.21. The zero-order chi connectivity index (χ0) is 13.5. The monoisotopic (exact) mass is 266 g/mol. The molecule has 0 aliphatic carbocycles. The number of hydrogen-bond donors (Lipinski definition) is 1. The van der Waals surface area contributed by atoms with E-state index in [1.165, 1.54) is 26.3 Å². The number of methoxy groups -OCH3 is 1. The second-order valence-corrected chi connectivity index (χ2v) is 3.62. The SMILES string of the molecule is COC(=O)c1cnc(Cl)c(C#CCNC(C)=O)c1. The highest BCUT2D eigenvalue weighted by Gasteiger charge is 2.08. The van der Waals surface area contributed by atoms with E-state index in [1.54, 1.807) is 0 Å². The zero-order valence-corrected chi connectivity index (χ0v) is 10.7. The van der Waals surface area contributed by atoms with Crippen LogP contribution in [0.5, 0.6) is 0 Å². The standard InChI is InChI=1S/C12H11ClN2O3/c1-8(16)14-5-3-4-9-6-10(12(17)18-2)7-15-11(9)13/h6-7H,5H2,1-2H3,(H,14,16). The molecule has 0 spiro atoms. The van der Waals surface area contributed by atoms with Crippen molar-refractivity contribution >= 4 is 23.5 Å². The van der Waals surface area contributed by atoms with Crippen molar-refractivity contribution in [3.63, 3.8) is 0 Å². The molecule has 5 nitrogen and oxygen atoms in total. The van der Waals surface area contributed by atoms with Gasteiger partial charge in [0, 0.05) is 13.1 Å². The van der Waals surface area contributed by atoms with Gasteiger partial charge in [0.05, 0.1) is 24.8 Å². The topological polar surface area (TPSA) is 68.3 Å². The summed E-state index contributed by atoms with van der Waals surface area (Å²) in [5, 5.41) is 2.71. The highest BCUT2D eigenvalue weighted by Crippen LogP contribution is 2.13. The molecule has 1 aromatic rings. The summed E-state index contributed by atoms with van der Waals surface area (Å²) in [5.74, 6) is 4.74. The summed E-state index contributed by atoms with van der Waals surface area (Å²) < 4.78 is 4.56. The lowest BCUT2D eigenvalue weighted by Gasteiger charge is -2.00. The van der Waals surface area contributed by atoms with E-state index >= 15 is 0 Å². The number of aromatic nitrogens is 1. The van der Waals surface area contributed by atoms with Gasteiger partial charge in [0.15, 0.2) is 0 Å². The molecule has 0 aromatic carbocycles. The molecule has 0 radical (unpaired) electrons. The van der Waals surface area contributed by atoms with Gasteiger partial charge in [-0.3, -0.25) is 4.79 Å². The van der Waals surface area contributed by atoms with Crippen LogP contribution in [-0.4, -0.2) is 30.5 Å². The molecule has 1 amide bonds. The third-order valence-electron chi connectivity index (χ3n) is 1.91. The van der Waals surface area contributed by atoms with Gasteiger partial charge in [-0.1, -0.05) is 23.4 Å². The van der Waals surface area contributed by atoms with Crippen molar-refractivity contribution in [3.8, 4) is 11.8 Å². The first-order chi connectivity index (χ1) is 8.54. The Morgan fingerprint density at radius 1 is 1.56 bits per heavy atom. The average Bonchev–Trinajstić information content (AvgIpc) is 2.35. The Hall–Kier alpha value is -2.06. The molecule has 0 unspecified atom stereocenters. The van der Waals surface area contributed by atoms with E-state index < -0.39 is 5.97 Å². The number of pyridine rings is 1.